The fourth-order valence-corrected chi connectivity index (χ4v) is 4.21. The maximum absolute atomic E-state index is 13.1. The van der Waals surface area contributed by atoms with Gasteiger partial charge in [-0.15, -0.1) is 0 Å². The molecule has 0 unspecified atom stereocenters. The van der Waals surface area contributed by atoms with E-state index in [1.807, 2.05) is 4.90 Å². The van der Waals surface area contributed by atoms with Gasteiger partial charge in [0.25, 0.3) is 0 Å². The van der Waals surface area contributed by atoms with E-state index in [4.69, 9.17) is 23.7 Å². The van der Waals surface area contributed by atoms with Gasteiger partial charge in [0.15, 0.2) is 17.3 Å². The molecule has 0 aromatic heterocycles. The number of carbonyl (C=O) groups excluding carboxylic acids is 2. The average Bonchev–Trinajstić information content (AvgIpc) is 3.18. The Morgan fingerprint density at radius 1 is 1.11 bits per heavy atom. The maximum atomic E-state index is 13.1. The number of nitrogens with zero attached hydrogens (tertiary/aromatic N) is 1. The summed E-state index contributed by atoms with van der Waals surface area (Å²) in [6.07, 6.45) is 1.46. The number of benzene rings is 2. The molecule has 1 fully saturated rings. The number of morpholine rings is 1. The third-order valence-electron chi connectivity index (χ3n) is 6.05. The number of hydrogen-bond acceptors (Lipinski definition) is 10. The quantitative estimate of drug-likeness (QED) is 0.447. The van der Waals surface area contributed by atoms with Crippen LogP contribution >= 0.6 is 0 Å². The van der Waals surface area contributed by atoms with Gasteiger partial charge in [0.2, 0.25) is 11.5 Å². The molecule has 2 aliphatic rings. The molecule has 2 N–H and O–H groups in total. The van der Waals surface area contributed by atoms with E-state index in [1.165, 1.54) is 45.6 Å². The lowest BCUT2D eigenvalue weighted by atomic mass is 9.85. The highest BCUT2D eigenvalue weighted by molar-refractivity contribution is 6.12. The van der Waals surface area contributed by atoms with Crippen molar-refractivity contribution in [2.75, 3.05) is 47.6 Å². The molecular weight excluding hydrogens is 458 g/mol. The Kier molecular flexibility index (Phi) is 7.02. The van der Waals surface area contributed by atoms with Gasteiger partial charge in [-0.05, 0) is 29.8 Å². The van der Waals surface area contributed by atoms with Crippen molar-refractivity contribution in [3.8, 4) is 28.7 Å². The van der Waals surface area contributed by atoms with Gasteiger partial charge >= 0.3 is 5.97 Å². The molecule has 1 saturated heterocycles. The van der Waals surface area contributed by atoms with Crippen molar-refractivity contribution in [1.82, 2.24) is 4.90 Å². The van der Waals surface area contributed by atoms with E-state index in [2.05, 4.69) is 0 Å². The van der Waals surface area contributed by atoms with Gasteiger partial charge in [-0.25, -0.2) is 0 Å². The van der Waals surface area contributed by atoms with Crippen LogP contribution in [0.15, 0.2) is 36.2 Å². The number of rotatable bonds is 7. The van der Waals surface area contributed by atoms with Crippen LogP contribution in [0.1, 0.15) is 33.8 Å². The smallest absolute Gasteiger partial charge is 0.306 e. The summed E-state index contributed by atoms with van der Waals surface area (Å²) < 4.78 is 26.8. The topological polar surface area (TPSA) is 124 Å². The summed E-state index contributed by atoms with van der Waals surface area (Å²) in [6, 6.07) is 5.95. The lowest BCUT2D eigenvalue weighted by Crippen LogP contribution is -2.32. The number of carbonyl (C=O) groups is 2. The van der Waals surface area contributed by atoms with Gasteiger partial charge in [0.05, 0.1) is 46.5 Å². The van der Waals surface area contributed by atoms with Crippen LogP contribution in [-0.2, 0) is 14.3 Å². The number of aromatic hydroxyl groups is 2. The first-order valence-corrected chi connectivity index (χ1v) is 11.0. The van der Waals surface area contributed by atoms with Crippen LogP contribution < -0.4 is 14.2 Å². The molecule has 0 radical (unpaired) electrons. The van der Waals surface area contributed by atoms with Crippen molar-refractivity contribution in [2.45, 2.75) is 12.3 Å². The minimum absolute atomic E-state index is 0.117. The number of ether oxygens (including phenoxy) is 5. The number of Topliss-reactive ketones (excluding diaryl/α,β-unsaturated/α-hetero) is 1. The maximum Gasteiger partial charge on any atom is 0.306 e. The van der Waals surface area contributed by atoms with Crippen LogP contribution in [0.5, 0.6) is 28.7 Å². The van der Waals surface area contributed by atoms with Gasteiger partial charge < -0.3 is 38.8 Å². The molecule has 4 rings (SSSR count). The number of esters is 1. The zero-order valence-corrected chi connectivity index (χ0v) is 19.7. The van der Waals surface area contributed by atoms with Gasteiger partial charge in [-0.3, -0.25) is 9.59 Å². The number of phenols is 2. The van der Waals surface area contributed by atoms with E-state index in [1.54, 1.807) is 6.20 Å². The van der Waals surface area contributed by atoms with E-state index in [0.717, 1.165) is 0 Å². The Hall–Kier alpha value is -3.92. The number of hydrogen-bond donors (Lipinski definition) is 2. The molecule has 2 heterocycles. The Morgan fingerprint density at radius 3 is 2.37 bits per heavy atom. The van der Waals surface area contributed by atoms with Crippen LogP contribution in [0.25, 0.3) is 0 Å². The van der Waals surface area contributed by atoms with Crippen molar-refractivity contribution in [3.63, 3.8) is 0 Å². The molecule has 0 amide bonds. The molecule has 186 valence electrons. The molecule has 10 heteroatoms. The van der Waals surface area contributed by atoms with E-state index in [9.17, 15) is 19.8 Å². The Labute approximate surface area is 202 Å². The predicted octanol–water partition coefficient (Wildman–Crippen LogP) is 2.56. The summed E-state index contributed by atoms with van der Waals surface area (Å²) in [7, 11) is 4.03. The molecule has 2 aromatic carbocycles. The van der Waals surface area contributed by atoms with E-state index < -0.39 is 11.9 Å². The third-order valence-corrected chi connectivity index (χ3v) is 6.05. The second-order valence-electron chi connectivity index (χ2n) is 8.05. The predicted molar refractivity (Wildman–Crippen MR) is 123 cm³/mol. The summed E-state index contributed by atoms with van der Waals surface area (Å²) in [5.41, 5.74) is 0.985. The van der Waals surface area contributed by atoms with E-state index >= 15 is 0 Å². The number of ketones is 1. The zero-order chi connectivity index (χ0) is 25.1. The molecule has 35 heavy (non-hydrogen) atoms. The molecule has 10 nitrogen and oxygen atoms in total. The standard InChI is InChI=1S/C25H27NO9/c1-31-18-10-14(11-19(32-2)24(18)30)16(12-21(28)33-3)22-17(27)5-4-15-23(29)20(35-25(15)22)13-26-6-8-34-9-7-26/h4-5,10-11,13,16,27,30H,6-9,12H2,1-3H3/b20-13-/t16-/m1/s1. The van der Waals surface area contributed by atoms with Gasteiger partial charge in [-0.2, -0.15) is 0 Å². The normalized spacial score (nSPS) is 17.1. The molecular formula is C25H27NO9. The number of methoxy groups -OCH3 is 3. The Bertz CT molecular complexity index is 1140. The molecule has 0 saturated carbocycles. The lowest BCUT2D eigenvalue weighted by Gasteiger charge is -2.25. The van der Waals surface area contributed by atoms with Crippen LogP contribution in [0.4, 0.5) is 0 Å². The Morgan fingerprint density at radius 2 is 1.77 bits per heavy atom. The highest BCUT2D eigenvalue weighted by atomic mass is 16.5. The van der Waals surface area contributed by atoms with Crippen molar-refractivity contribution >= 4 is 11.8 Å². The summed E-state index contributed by atoms with van der Waals surface area (Å²) in [5, 5.41) is 21.2. The summed E-state index contributed by atoms with van der Waals surface area (Å²) in [4.78, 5) is 27.4. The average molecular weight is 485 g/mol. The fraction of sp³-hybridized carbons (Fsp3) is 0.360. The molecule has 2 aromatic rings. The number of phenolic OH excluding ortho intramolecular Hbond substituents is 2. The minimum Gasteiger partial charge on any atom is -0.508 e. The van der Waals surface area contributed by atoms with E-state index in [-0.39, 0.29) is 57.8 Å². The Balaban J connectivity index is 1.83. The van der Waals surface area contributed by atoms with Crippen LogP contribution in [0, 0.1) is 0 Å². The van der Waals surface area contributed by atoms with Gasteiger partial charge in [0, 0.05) is 30.8 Å². The minimum atomic E-state index is -0.809. The summed E-state index contributed by atoms with van der Waals surface area (Å²) in [5.74, 6) is -1.55. The molecule has 0 spiro atoms. The molecule has 1 atom stereocenters. The second-order valence-corrected chi connectivity index (χ2v) is 8.05. The highest BCUT2D eigenvalue weighted by Gasteiger charge is 2.36. The monoisotopic (exact) mass is 485 g/mol. The largest absolute Gasteiger partial charge is 0.508 e. The van der Waals surface area contributed by atoms with Gasteiger partial charge in [-0.1, -0.05) is 0 Å². The molecule has 2 aliphatic heterocycles. The second kappa shape index (κ2) is 10.1. The van der Waals surface area contributed by atoms with Gasteiger partial charge in [0.1, 0.15) is 11.5 Å². The SMILES string of the molecule is COC(=O)C[C@H](c1cc(OC)c(O)c(OC)c1)c1c(O)ccc2c1O/C(=C\N1CCOCC1)C2=O. The number of allylic oxidation sites excluding steroid dienone is 1. The fourth-order valence-electron chi connectivity index (χ4n) is 4.21. The first kappa shape index (κ1) is 24.2. The third kappa shape index (κ3) is 4.69. The van der Waals surface area contributed by atoms with Crippen molar-refractivity contribution in [3.05, 3.63) is 52.9 Å². The highest BCUT2D eigenvalue weighted by Crippen LogP contribution is 2.48. The van der Waals surface area contributed by atoms with Crippen molar-refractivity contribution in [1.29, 1.82) is 0 Å². The van der Waals surface area contributed by atoms with E-state index in [0.29, 0.717) is 31.9 Å². The summed E-state index contributed by atoms with van der Waals surface area (Å²) in [6.45, 7) is 2.32. The summed E-state index contributed by atoms with van der Waals surface area (Å²) >= 11 is 0. The molecule has 0 aliphatic carbocycles. The molecule has 0 bridgehead atoms. The first-order valence-electron chi connectivity index (χ1n) is 11.0. The van der Waals surface area contributed by atoms with Crippen LogP contribution in [0.3, 0.4) is 0 Å². The van der Waals surface area contributed by atoms with Crippen LogP contribution in [0.2, 0.25) is 0 Å². The first-order chi connectivity index (χ1) is 16.9. The number of fused-ring (bicyclic) bond motifs is 1. The van der Waals surface area contributed by atoms with Crippen molar-refractivity contribution in [2.24, 2.45) is 0 Å². The van der Waals surface area contributed by atoms with Crippen LogP contribution in [-0.4, -0.2) is 74.5 Å². The van der Waals surface area contributed by atoms with Crippen molar-refractivity contribution < 1.29 is 43.5 Å². The zero-order valence-electron chi connectivity index (χ0n) is 19.7. The lowest BCUT2D eigenvalue weighted by molar-refractivity contribution is -0.140.